The summed E-state index contributed by atoms with van der Waals surface area (Å²) in [7, 11) is 0. The Kier molecular flexibility index (Phi) is 3.68. The molecule has 3 rings (SSSR count). The Morgan fingerprint density at radius 1 is 1.29 bits per heavy atom. The van der Waals surface area contributed by atoms with Gasteiger partial charge in [0.15, 0.2) is 0 Å². The Morgan fingerprint density at radius 2 is 2.05 bits per heavy atom. The molecule has 2 amide bonds. The Labute approximate surface area is 124 Å². The Hall–Kier alpha value is -1.88. The molecule has 1 aromatic rings. The largest absolute Gasteiger partial charge is 0.354 e. The molecule has 2 heterocycles. The molecule has 112 valence electrons. The quantitative estimate of drug-likeness (QED) is 0.867. The summed E-state index contributed by atoms with van der Waals surface area (Å²) in [6.45, 7) is 4.95. The zero-order valence-electron chi connectivity index (χ0n) is 12.3. The van der Waals surface area contributed by atoms with Crippen LogP contribution in [0, 0.1) is 0 Å². The van der Waals surface area contributed by atoms with Crippen molar-refractivity contribution in [3.63, 3.8) is 0 Å². The first-order chi connectivity index (χ1) is 10.1. The molecule has 0 aromatic heterocycles. The SMILES string of the molecule is CC(=O)N1CCN(Cc2ccccc2)[C@]2(CCNC2=O)C1. The van der Waals surface area contributed by atoms with Crippen LogP contribution in [0.3, 0.4) is 0 Å². The van der Waals surface area contributed by atoms with Gasteiger partial charge in [-0.3, -0.25) is 14.5 Å². The van der Waals surface area contributed by atoms with E-state index in [1.54, 1.807) is 11.8 Å². The maximum atomic E-state index is 12.4. The van der Waals surface area contributed by atoms with Gasteiger partial charge in [0.05, 0.1) is 0 Å². The predicted octanol–water partition coefficient (Wildman–Crippen LogP) is 0.609. The molecule has 2 fully saturated rings. The van der Waals surface area contributed by atoms with Crippen LogP contribution in [-0.2, 0) is 16.1 Å². The van der Waals surface area contributed by atoms with Crippen molar-refractivity contribution in [3.05, 3.63) is 35.9 Å². The topological polar surface area (TPSA) is 52.7 Å². The summed E-state index contributed by atoms with van der Waals surface area (Å²) in [5, 5.41) is 2.94. The van der Waals surface area contributed by atoms with Crippen molar-refractivity contribution in [1.82, 2.24) is 15.1 Å². The van der Waals surface area contributed by atoms with Gasteiger partial charge in [-0.25, -0.2) is 0 Å². The first kappa shape index (κ1) is 14.1. The number of nitrogens with zero attached hydrogens (tertiary/aromatic N) is 2. The first-order valence-corrected chi connectivity index (χ1v) is 7.45. The van der Waals surface area contributed by atoms with Crippen molar-refractivity contribution in [2.24, 2.45) is 0 Å². The number of amides is 2. The number of carbonyl (C=O) groups is 2. The summed E-state index contributed by atoms with van der Waals surface area (Å²) in [6, 6.07) is 10.2. The van der Waals surface area contributed by atoms with Gasteiger partial charge in [-0.15, -0.1) is 0 Å². The molecule has 1 aromatic carbocycles. The second kappa shape index (κ2) is 5.48. The Morgan fingerprint density at radius 3 is 2.67 bits per heavy atom. The standard InChI is InChI=1S/C16H21N3O2/c1-13(20)18-9-10-19(11-14-5-3-2-4-6-14)16(12-18)7-8-17-15(16)21/h2-6H,7-12H2,1H3,(H,17,21)/t16-/m1/s1. The second-order valence-electron chi connectivity index (χ2n) is 5.89. The molecular weight excluding hydrogens is 266 g/mol. The van der Waals surface area contributed by atoms with Gasteiger partial charge in [0.2, 0.25) is 11.8 Å². The van der Waals surface area contributed by atoms with E-state index in [4.69, 9.17) is 0 Å². The molecule has 1 N–H and O–H groups in total. The zero-order valence-corrected chi connectivity index (χ0v) is 12.3. The van der Waals surface area contributed by atoms with E-state index in [2.05, 4.69) is 22.3 Å². The Balaban J connectivity index is 1.85. The summed E-state index contributed by atoms with van der Waals surface area (Å²) in [5.74, 6) is 0.109. The number of rotatable bonds is 2. The minimum Gasteiger partial charge on any atom is -0.354 e. The maximum absolute atomic E-state index is 12.4. The van der Waals surface area contributed by atoms with Crippen LogP contribution in [0.2, 0.25) is 0 Å². The number of hydrogen-bond acceptors (Lipinski definition) is 3. The average molecular weight is 287 g/mol. The van der Waals surface area contributed by atoms with Crippen molar-refractivity contribution in [3.8, 4) is 0 Å². The lowest BCUT2D eigenvalue weighted by Gasteiger charge is -2.47. The number of hydrogen-bond donors (Lipinski definition) is 1. The predicted molar refractivity (Wildman–Crippen MR) is 79.5 cm³/mol. The molecule has 0 aliphatic carbocycles. The van der Waals surface area contributed by atoms with Crippen molar-refractivity contribution in [1.29, 1.82) is 0 Å². The number of nitrogens with one attached hydrogen (secondary N) is 1. The third kappa shape index (κ3) is 2.53. The van der Waals surface area contributed by atoms with Crippen LogP contribution in [0.1, 0.15) is 18.9 Å². The van der Waals surface area contributed by atoms with Crippen molar-refractivity contribution in [2.75, 3.05) is 26.2 Å². The fourth-order valence-electron chi connectivity index (χ4n) is 3.37. The van der Waals surface area contributed by atoms with Crippen molar-refractivity contribution >= 4 is 11.8 Å². The summed E-state index contributed by atoms with van der Waals surface area (Å²) >= 11 is 0. The van der Waals surface area contributed by atoms with Gasteiger partial charge in [0.1, 0.15) is 5.54 Å². The summed E-state index contributed by atoms with van der Waals surface area (Å²) in [5.41, 5.74) is 0.646. The molecule has 21 heavy (non-hydrogen) atoms. The van der Waals surface area contributed by atoms with E-state index in [0.717, 1.165) is 19.5 Å². The third-order valence-corrected chi connectivity index (χ3v) is 4.61. The van der Waals surface area contributed by atoms with Crippen LogP contribution >= 0.6 is 0 Å². The highest BCUT2D eigenvalue weighted by Crippen LogP contribution is 2.30. The minimum atomic E-state index is -0.556. The van der Waals surface area contributed by atoms with E-state index < -0.39 is 5.54 Å². The lowest BCUT2D eigenvalue weighted by molar-refractivity contribution is -0.142. The van der Waals surface area contributed by atoms with Gasteiger partial charge in [0, 0.05) is 39.6 Å². The van der Waals surface area contributed by atoms with Crippen LogP contribution in [-0.4, -0.2) is 53.3 Å². The molecule has 0 bridgehead atoms. The lowest BCUT2D eigenvalue weighted by Crippen LogP contribution is -2.65. The van der Waals surface area contributed by atoms with Crippen LogP contribution in [0.25, 0.3) is 0 Å². The molecule has 2 aliphatic rings. The van der Waals surface area contributed by atoms with Crippen LogP contribution < -0.4 is 5.32 Å². The lowest BCUT2D eigenvalue weighted by atomic mass is 9.91. The second-order valence-corrected chi connectivity index (χ2v) is 5.89. The molecule has 1 spiro atoms. The minimum absolute atomic E-state index is 0.0495. The molecule has 2 aliphatic heterocycles. The smallest absolute Gasteiger partial charge is 0.242 e. The zero-order chi connectivity index (χ0) is 14.9. The van der Waals surface area contributed by atoms with Gasteiger partial charge in [0.25, 0.3) is 0 Å². The average Bonchev–Trinajstić information content (AvgIpc) is 2.84. The van der Waals surface area contributed by atoms with Gasteiger partial charge < -0.3 is 10.2 Å². The fraction of sp³-hybridized carbons (Fsp3) is 0.500. The normalized spacial score (nSPS) is 26.1. The third-order valence-electron chi connectivity index (χ3n) is 4.61. The summed E-state index contributed by atoms with van der Waals surface area (Å²) < 4.78 is 0. The number of carbonyl (C=O) groups excluding carboxylic acids is 2. The van der Waals surface area contributed by atoms with Crippen LogP contribution in [0.15, 0.2) is 30.3 Å². The monoisotopic (exact) mass is 287 g/mol. The van der Waals surface area contributed by atoms with Crippen molar-refractivity contribution < 1.29 is 9.59 Å². The molecule has 5 heteroatoms. The highest BCUT2D eigenvalue weighted by molar-refractivity contribution is 5.89. The van der Waals surface area contributed by atoms with Crippen molar-refractivity contribution in [2.45, 2.75) is 25.4 Å². The van der Waals surface area contributed by atoms with Gasteiger partial charge in [-0.2, -0.15) is 0 Å². The molecule has 2 saturated heterocycles. The molecule has 0 saturated carbocycles. The van der Waals surface area contributed by atoms with Crippen LogP contribution in [0.4, 0.5) is 0 Å². The molecular formula is C16H21N3O2. The first-order valence-electron chi connectivity index (χ1n) is 7.45. The van der Waals surface area contributed by atoms with E-state index in [9.17, 15) is 9.59 Å². The number of piperazine rings is 1. The Bertz CT molecular complexity index is 546. The summed E-state index contributed by atoms with van der Waals surface area (Å²) in [4.78, 5) is 28.2. The van der Waals surface area contributed by atoms with E-state index in [-0.39, 0.29) is 11.8 Å². The van der Waals surface area contributed by atoms with E-state index in [1.165, 1.54) is 5.56 Å². The van der Waals surface area contributed by atoms with Crippen LogP contribution in [0.5, 0.6) is 0 Å². The maximum Gasteiger partial charge on any atom is 0.242 e. The van der Waals surface area contributed by atoms with E-state index in [0.29, 0.717) is 19.6 Å². The molecule has 5 nitrogen and oxygen atoms in total. The van der Waals surface area contributed by atoms with Gasteiger partial charge in [-0.1, -0.05) is 30.3 Å². The highest BCUT2D eigenvalue weighted by Gasteiger charge is 2.50. The summed E-state index contributed by atoms with van der Waals surface area (Å²) in [6.07, 6.45) is 0.766. The molecule has 0 radical (unpaired) electrons. The van der Waals surface area contributed by atoms with Gasteiger partial charge >= 0.3 is 0 Å². The van der Waals surface area contributed by atoms with E-state index >= 15 is 0 Å². The molecule has 0 unspecified atom stereocenters. The molecule has 1 atom stereocenters. The highest BCUT2D eigenvalue weighted by atomic mass is 16.2. The van der Waals surface area contributed by atoms with E-state index in [1.807, 2.05) is 18.2 Å². The number of benzene rings is 1. The fourth-order valence-corrected chi connectivity index (χ4v) is 3.37. The van der Waals surface area contributed by atoms with Gasteiger partial charge in [-0.05, 0) is 12.0 Å².